The predicted octanol–water partition coefficient (Wildman–Crippen LogP) is 5.10. The largest absolute Gasteiger partial charge is 0.348 e. The third-order valence-corrected chi connectivity index (χ3v) is 5.94. The maximum absolute atomic E-state index is 12.6. The summed E-state index contributed by atoms with van der Waals surface area (Å²) in [7, 11) is 0. The van der Waals surface area contributed by atoms with Gasteiger partial charge in [-0.15, -0.1) is 0 Å². The summed E-state index contributed by atoms with van der Waals surface area (Å²) in [6, 6.07) is 13.8. The highest BCUT2D eigenvalue weighted by molar-refractivity contribution is 7.22. The van der Waals surface area contributed by atoms with Crippen LogP contribution in [0, 0.1) is 0 Å². The van der Waals surface area contributed by atoms with Gasteiger partial charge in [0.15, 0.2) is 5.13 Å². The molecule has 26 heavy (non-hydrogen) atoms. The summed E-state index contributed by atoms with van der Waals surface area (Å²) in [4.78, 5) is 19.8. The van der Waals surface area contributed by atoms with Crippen LogP contribution in [0.15, 0.2) is 42.5 Å². The van der Waals surface area contributed by atoms with E-state index in [2.05, 4.69) is 23.2 Å². The standard InChI is InChI=1S/C21H23N3OS/c1-2-15-7-6-8-17(13-15)22-20(25)16-9-10-18-19(14-16)26-21(23-18)24-11-4-3-5-12-24/h6-10,13-14H,2-5,11-12H2,1H3,(H,22,25). The highest BCUT2D eigenvalue weighted by atomic mass is 32.1. The van der Waals surface area contributed by atoms with E-state index in [0.29, 0.717) is 5.56 Å². The molecule has 5 heteroatoms. The number of piperidine rings is 1. The lowest BCUT2D eigenvalue weighted by Crippen LogP contribution is -2.29. The van der Waals surface area contributed by atoms with Crippen LogP contribution in [-0.4, -0.2) is 24.0 Å². The molecule has 1 aliphatic heterocycles. The van der Waals surface area contributed by atoms with Crippen LogP contribution in [0.4, 0.5) is 10.8 Å². The molecule has 3 aromatic rings. The van der Waals surface area contributed by atoms with E-state index in [9.17, 15) is 4.79 Å². The quantitative estimate of drug-likeness (QED) is 0.699. The topological polar surface area (TPSA) is 45.2 Å². The van der Waals surface area contributed by atoms with Crippen LogP contribution in [0.2, 0.25) is 0 Å². The van der Waals surface area contributed by atoms with Crippen molar-refractivity contribution in [3.8, 4) is 0 Å². The Labute approximate surface area is 157 Å². The molecule has 2 aromatic carbocycles. The van der Waals surface area contributed by atoms with Gasteiger partial charge in [0.2, 0.25) is 0 Å². The van der Waals surface area contributed by atoms with Crippen LogP contribution in [0.3, 0.4) is 0 Å². The van der Waals surface area contributed by atoms with Crippen LogP contribution in [0.25, 0.3) is 10.2 Å². The van der Waals surface area contributed by atoms with Crippen LogP contribution in [0.1, 0.15) is 42.1 Å². The maximum atomic E-state index is 12.6. The van der Waals surface area contributed by atoms with Gasteiger partial charge >= 0.3 is 0 Å². The van der Waals surface area contributed by atoms with E-state index < -0.39 is 0 Å². The number of thiazole rings is 1. The average Bonchev–Trinajstić information content (AvgIpc) is 3.12. The second-order valence-corrected chi connectivity index (χ2v) is 7.74. The van der Waals surface area contributed by atoms with Crippen LogP contribution in [0.5, 0.6) is 0 Å². The molecule has 4 nitrogen and oxygen atoms in total. The lowest BCUT2D eigenvalue weighted by Gasteiger charge is -2.25. The number of amides is 1. The zero-order valence-corrected chi connectivity index (χ0v) is 15.8. The number of fused-ring (bicyclic) bond motifs is 1. The van der Waals surface area contributed by atoms with Crippen molar-refractivity contribution in [2.24, 2.45) is 0 Å². The predicted molar refractivity (Wildman–Crippen MR) is 109 cm³/mol. The molecule has 4 rings (SSSR count). The van der Waals surface area contributed by atoms with E-state index in [1.165, 1.54) is 24.8 Å². The summed E-state index contributed by atoms with van der Waals surface area (Å²) in [6.45, 7) is 4.28. The Bertz CT molecular complexity index is 928. The van der Waals surface area contributed by atoms with Crippen molar-refractivity contribution in [1.82, 2.24) is 4.98 Å². The first-order valence-corrected chi connectivity index (χ1v) is 10.1. The molecular formula is C21H23N3OS. The molecule has 0 bridgehead atoms. The zero-order valence-electron chi connectivity index (χ0n) is 15.0. The third kappa shape index (κ3) is 3.58. The number of benzene rings is 2. The number of nitrogens with zero attached hydrogens (tertiary/aromatic N) is 2. The fraction of sp³-hybridized carbons (Fsp3) is 0.333. The molecule has 1 N–H and O–H groups in total. The molecular weight excluding hydrogens is 342 g/mol. The normalized spacial score (nSPS) is 14.6. The molecule has 1 fully saturated rings. The van der Waals surface area contributed by atoms with Crippen molar-refractivity contribution in [2.75, 3.05) is 23.3 Å². The Morgan fingerprint density at radius 2 is 2.00 bits per heavy atom. The Morgan fingerprint density at radius 3 is 2.81 bits per heavy atom. The summed E-state index contributed by atoms with van der Waals surface area (Å²) >= 11 is 1.68. The molecule has 0 saturated carbocycles. The average molecular weight is 366 g/mol. The fourth-order valence-electron chi connectivity index (χ4n) is 3.35. The Morgan fingerprint density at radius 1 is 1.15 bits per heavy atom. The summed E-state index contributed by atoms with van der Waals surface area (Å²) in [6.07, 6.45) is 4.74. The number of aryl methyl sites for hydroxylation is 1. The van der Waals surface area contributed by atoms with Crippen molar-refractivity contribution in [3.63, 3.8) is 0 Å². The zero-order chi connectivity index (χ0) is 17.9. The molecule has 0 spiro atoms. The highest BCUT2D eigenvalue weighted by Crippen LogP contribution is 2.31. The molecule has 2 heterocycles. The number of carbonyl (C=O) groups excluding carboxylic acids is 1. The van der Waals surface area contributed by atoms with Gasteiger partial charge in [0, 0.05) is 24.3 Å². The Kier molecular flexibility index (Phi) is 4.89. The van der Waals surface area contributed by atoms with Gasteiger partial charge in [-0.3, -0.25) is 4.79 Å². The summed E-state index contributed by atoms with van der Waals surface area (Å²) in [5.41, 5.74) is 3.70. The molecule has 0 unspecified atom stereocenters. The van der Waals surface area contributed by atoms with Gasteiger partial charge in [0.1, 0.15) is 0 Å². The lowest BCUT2D eigenvalue weighted by molar-refractivity contribution is 0.102. The summed E-state index contributed by atoms with van der Waals surface area (Å²) in [5.74, 6) is -0.0759. The van der Waals surface area contributed by atoms with E-state index in [0.717, 1.165) is 40.5 Å². The second kappa shape index (κ2) is 7.46. The lowest BCUT2D eigenvalue weighted by atomic mass is 10.1. The van der Waals surface area contributed by atoms with Crippen molar-refractivity contribution < 1.29 is 4.79 Å². The monoisotopic (exact) mass is 365 g/mol. The van der Waals surface area contributed by atoms with Gasteiger partial charge in [-0.05, 0) is 61.6 Å². The molecule has 0 radical (unpaired) electrons. The number of hydrogen-bond acceptors (Lipinski definition) is 4. The van der Waals surface area contributed by atoms with Crippen LogP contribution < -0.4 is 10.2 Å². The molecule has 1 aromatic heterocycles. The van der Waals surface area contributed by atoms with Crippen molar-refractivity contribution in [2.45, 2.75) is 32.6 Å². The van der Waals surface area contributed by atoms with Crippen molar-refractivity contribution in [1.29, 1.82) is 0 Å². The first-order valence-electron chi connectivity index (χ1n) is 9.29. The smallest absolute Gasteiger partial charge is 0.255 e. The summed E-state index contributed by atoms with van der Waals surface area (Å²) < 4.78 is 1.07. The van der Waals surface area contributed by atoms with E-state index in [1.54, 1.807) is 11.3 Å². The van der Waals surface area contributed by atoms with Crippen molar-refractivity contribution in [3.05, 3.63) is 53.6 Å². The number of aromatic nitrogens is 1. The summed E-state index contributed by atoms with van der Waals surface area (Å²) in [5, 5.41) is 4.08. The van der Waals surface area contributed by atoms with Crippen LogP contribution in [-0.2, 0) is 6.42 Å². The molecule has 1 amide bonds. The maximum Gasteiger partial charge on any atom is 0.255 e. The van der Waals surface area contributed by atoms with Gasteiger partial charge in [-0.1, -0.05) is 30.4 Å². The number of rotatable bonds is 4. The van der Waals surface area contributed by atoms with Gasteiger partial charge < -0.3 is 10.2 Å². The van der Waals surface area contributed by atoms with E-state index in [4.69, 9.17) is 4.98 Å². The molecule has 1 saturated heterocycles. The van der Waals surface area contributed by atoms with Crippen LogP contribution >= 0.6 is 11.3 Å². The van der Waals surface area contributed by atoms with Crippen molar-refractivity contribution >= 4 is 38.3 Å². The Hall–Kier alpha value is -2.40. The first kappa shape index (κ1) is 17.0. The van der Waals surface area contributed by atoms with E-state index >= 15 is 0 Å². The number of hydrogen-bond donors (Lipinski definition) is 1. The minimum Gasteiger partial charge on any atom is -0.348 e. The highest BCUT2D eigenvalue weighted by Gasteiger charge is 2.16. The molecule has 1 aliphatic rings. The third-order valence-electron chi connectivity index (χ3n) is 4.86. The number of anilines is 2. The minimum atomic E-state index is -0.0759. The second-order valence-electron chi connectivity index (χ2n) is 6.73. The number of nitrogens with one attached hydrogen (secondary N) is 1. The van der Waals surface area contributed by atoms with Gasteiger partial charge in [0.05, 0.1) is 10.2 Å². The van der Waals surface area contributed by atoms with E-state index in [-0.39, 0.29) is 5.91 Å². The molecule has 0 aliphatic carbocycles. The molecule has 134 valence electrons. The van der Waals surface area contributed by atoms with E-state index in [1.807, 2.05) is 36.4 Å². The molecule has 0 atom stereocenters. The van der Waals surface area contributed by atoms with Gasteiger partial charge in [0.25, 0.3) is 5.91 Å². The number of carbonyl (C=O) groups is 1. The SMILES string of the molecule is CCc1cccc(NC(=O)c2ccc3nc(N4CCCCC4)sc3c2)c1. The Balaban J connectivity index is 1.55. The fourth-order valence-corrected chi connectivity index (χ4v) is 4.40. The van der Waals surface area contributed by atoms with Gasteiger partial charge in [-0.25, -0.2) is 4.98 Å². The van der Waals surface area contributed by atoms with Gasteiger partial charge in [-0.2, -0.15) is 0 Å². The minimum absolute atomic E-state index is 0.0759. The first-order chi connectivity index (χ1) is 12.7.